The van der Waals surface area contributed by atoms with E-state index in [0.29, 0.717) is 17.7 Å². The minimum atomic E-state index is -0.173. The van der Waals surface area contributed by atoms with Gasteiger partial charge in [-0.1, -0.05) is 26.8 Å². The Balaban J connectivity index is 2.54. The highest BCUT2D eigenvalue weighted by molar-refractivity contribution is 6.21. The first kappa shape index (κ1) is 11.8. The van der Waals surface area contributed by atoms with Gasteiger partial charge in [0, 0.05) is 6.54 Å². The normalized spacial score (nSPS) is 15.4. The molecule has 1 aromatic carbocycles. The maximum Gasteiger partial charge on any atom is 0.261 e. The van der Waals surface area contributed by atoms with Crippen molar-refractivity contribution in [2.75, 3.05) is 6.54 Å². The lowest BCUT2D eigenvalue weighted by Crippen LogP contribution is -2.29. The number of nitrogens with zero attached hydrogens (tertiary/aromatic N) is 1. The van der Waals surface area contributed by atoms with Crippen LogP contribution in [0.1, 0.15) is 54.0 Å². The van der Waals surface area contributed by atoms with Gasteiger partial charge in [0.2, 0.25) is 0 Å². The van der Waals surface area contributed by atoms with Crippen LogP contribution in [-0.4, -0.2) is 23.3 Å². The van der Waals surface area contributed by atoms with Crippen molar-refractivity contribution in [2.24, 2.45) is 0 Å². The maximum atomic E-state index is 12.0. The van der Waals surface area contributed by atoms with Crippen LogP contribution in [0.15, 0.2) is 18.2 Å². The molecule has 0 radical (unpaired) electrons. The van der Waals surface area contributed by atoms with E-state index in [2.05, 4.69) is 20.8 Å². The van der Waals surface area contributed by atoms with Crippen molar-refractivity contribution >= 4 is 11.8 Å². The first-order valence-electron chi connectivity index (χ1n) is 5.87. The largest absolute Gasteiger partial charge is 0.275 e. The number of carbonyl (C=O) groups excluding carboxylic acids is 2. The highest BCUT2D eigenvalue weighted by Gasteiger charge is 2.35. The van der Waals surface area contributed by atoms with E-state index >= 15 is 0 Å². The van der Waals surface area contributed by atoms with Crippen LogP contribution < -0.4 is 0 Å². The Hall–Kier alpha value is -1.64. The summed E-state index contributed by atoms with van der Waals surface area (Å²) in [4.78, 5) is 25.2. The number of carbonyl (C=O) groups is 2. The molecule has 0 saturated carbocycles. The molecule has 17 heavy (non-hydrogen) atoms. The van der Waals surface area contributed by atoms with Gasteiger partial charge in [-0.15, -0.1) is 0 Å². The summed E-state index contributed by atoms with van der Waals surface area (Å²) in [6.45, 7) is 8.51. The van der Waals surface area contributed by atoms with Crippen LogP contribution in [0, 0.1) is 0 Å². The van der Waals surface area contributed by atoms with Crippen molar-refractivity contribution < 1.29 is 9.59 Å². The maximum absolute atomic E-state index is 12.0. The fourth-order valence-electron chi connectivity index (χ4n) is 2.04. The molecule has 0 spiro atoms. The lowest BCUT2D eigenvalue weighted by atomic mass is 9.85. The van der Waals surface area contributed by atoms with Gasteiger partial charge in [-0.05, 0) is 30.0 Å². The first-order chi connectivity index (χ1) is 7.86. The standard InChI is InChI=1S/C14H17NO2/c1-5-15-12(16)10-7-6-9(14(2,3)4)8-11(10)13(15)17/h6-8H,5H2,1-4H3. The van der Waals surface area contributed by atoms with Crippen LogP contribution in [0.25, 0.3) is 0 Å². The van der Waals surface area contributed by atoms with Crippen molar-refractivity contribution in [1.82, 2.24) is 4.90 Å². The van der Waals surface area contributed by atoms with E-state index < -0.39 is 0 Å². The van der Waals surface area contributed by atoms with Gasteiger partial charge in [-0.3, -0.25) is 14.5 Å². The Morgan fingerprint density at radius 3 is 2.18 bits per heavy atom. The Kier molecular flexibility index (Phi) is 2.57. The van der Waals surface area contributed by atoms with Crippen LogP contribution in [-0.2, 0) is 5.41 Å². The molecule has 0 saturated heterocycles. The van der Waals surface area contributed by atoms with Gasteiger partial charge in [0.25, 0.3) is 11.8 Å². The zero-order chi connectivity index (χ0) is 12.8. The topological polar surface area (TPSA) is 37.4 Å². The molecule has 1 aliphatic heterocycles. The molecule has 0 aromatic heterocycles. The second-order valence-electron chi connectivity index (χ2n) is 5.36. The second-order valence-corrected chi connectivity index (χ2v) is 5.36. The average Bonchev–Trinajstić information content (AvgIpc) is 2.50. The van der Waals surface area contributed by atoms with Crippen molar-refractivity contribution in [1.29, 1.82) is 0 Å². The number of benzene rings is 1. The predicted molar refractivity (Wildman–Crippen MR) is 66.2 cm³/mol. The van der Waals surface area contributed by atoms with E-state index in [0.717, 1.165) is 5.56 Å². The van der Waals surface area contributed by atoms with Crippen molar-refractivity contribution in [3.05, 3.63) is 34.9 Å². The van der Waals surface area contributed by atoms with Gasteiger partial charge in [0.05, 0.1) is 11.1 Å². The van der Waals surface area contributed by atoms with Crippen molar-refractivity contribution in [3.8, 4) is 0 Å². The number of hydrogen-bond donors (Lipinski definition) is 0. The molecule has 0 fully saturated rings. The molecule has 0 bridgehead atoms. The van der Waals surface area contributed by atoms with Crippen LogP contribution in [0.3, 0.4) is 0 Å². The third-order valence-corrected chi connectivity index (χ3v) is 3.15. The Morgan fingerprint density at radius 2 is 1.65 bits per heavy atom. The number of imide groups is 1. The predicted octanol–water partition coefficient (Wildman–Crippen LogP) is 2.60. The second kappa shape index (κ2) is 3.69. The fraction of sp³-hybridized carbons (Fsp3) is 0.429. The quantitative estimate of drug-likeness (QED) is 0.697. The Labute approximate surface area is 101 Å². The summed E-state index contributed by atoms with van der Waals surface area (Å²) in [6, 6.07) is 5.56. The fourth-order valence-corrected chi connectivity index (χ4v) is 2.04. The number of amides is 2. The third-order valence-electron chi connectivity index (χ3n) is 3.15. The summed E-state index contributed by atoms with van der Waals surface area (Å²) in [5.41, 5.74) is 2.14. The molecule has 3 nitrogen and oxygen atoms in total. The zero-order valence-electron chi connectivity index (χ0n) is 10.7. The van der Waals surface area contributed by atoms with Gasteiger partial charge in [-0.25, -0.2) is 0 Å². The summed E-state index contributed by atoms with van der Waals surface area (Å²) >= 11 is 0. The van der Waals surface area contributed by atoms with E-state index in [1.807, 2.05) is 19.1 Å². The molecule has 1 aromatic rings. The van der Waals surface area contributed by atoms with Crippen LogP contribution in [0.4, 0.5) is 0 Å². The summed E-state index contributed by atoms with van der Waals surface area (Å²) in [6.07, 6.45) is 0. The number of fused-ring (bicyclic) bond motifs is 1. The first-order valence-corrected chi connectivity index (χ1v) is 5.87. The monoisotopic (exact) mass is 231 g/mol. The van der Waals surface area contributed by atoms with Crippen LogP contribution in [0.2, 0.25) is 0 Å². The Bertz CT molecular complexity index is 497. The zero-order valence-corrected chi connectivity index (χ0v) is 10.7. The van der Waals surface area contributed by atoms with Gasteiger partial charge < -0.3 is 0 Å². The minimum absolute atomic E-state index is 0.0159. The smallest absolute Gasteiger partial charge is 0.261 e. The summed E-state index contributed by atoms with van der Waals surface area (Å²) in [5, 5.41) is 0. The van der Waals surface area contributed by atoms with Gasteiger partial charge in [0.15, 0.2) is 0 Å². The molecular weight excluding hydrogens is 214 g/mol. The molecule has 1 heterocycles. The van der Waals surface area contributed by atoms with E-state index in [1.165, 1.54) is 4.90 Å². The summed E-state index contributed by atoms with van der Waals surface area (Å²) in [7, 11) is 0. The third kappa shape index (κ3) is 1.75. The van der Waals surface area contributed by atoms with Crippen molar-refractivity contribution in [2.45, 2.75) is 33.1 Å². The van der Waals surface area contributed by atoms with Crippen LogP contribution in [0.5, 0.6) is 0 Å². The summed E-state index contributed by atoms with van der Waals surface area (Å²) in [5.74, 6) is -0.341. The van der Waals surface area contributed by atoms with Gasteiger partial charge >= 0.3 is 0 Å². The molecule has 1 aliphatic rings. The lowest BCUT2D eigenvalue weighted by molar-refractivity contribution is 0.0663. The highest BCUT2D eigenvalue weighted by Crippen LogP contribution is 2.29. The average molecular weight is 231 g/mol. The molecule has 3 heteroatoms. The van der Waals surface area contributed by atoms with E-state index in [9.17, 15) is 9.59 Å². The van der Waals surface area contributed by atoms with Crippen molar-refractivity contribution in [3.63, 3.8) is 0 Å². The SMILES string of the molecule is CCN1C(=O)c2ccc(C(C)(C)C)cc2C1=O. The summed E-state index contributed by atoms with van der Waals surface area (Å²) < 4.78 is 0. The minimum Gasteiger partial charge on any atom is -0.275 e. The number of rotatable bonds is 1. The number of hydrogen-bond acceptors (Lipinski definition) is 2. The van der Waals surface area contributed by atoms with Gasteiger partial charge in [-0.2, -0.15) is 0 Å². The van der Waals surface area contributed by atoms with Crippen LogP contribution >= 0.6 is 0 Å². The molecule has 2 rings (SSSR count). The molecule has 0 atom stereocenters. The Morgan fingerprint density at radius 1 is 1.06 bits per heavy atom. The van der Waals surface area contributed by atoms with E-state index in [-0.39, 0.29) is 17.2 Å². The molecule has 0 unspecified atom stereocenters. The highest BCUT2D eigenvalue weighted by atomic mass is 16.2. The molecule has 0 aliphatic carbocycles. The van der Waals surface area contributed by atoms with E-state index in [4.69, 9.17) is 0 Å². The molecule has 0 N–H and O–H groups in total. The molecule has 2 amide bonds. The molecule has 90 valence electrons. The van der Waals surface area contributed by atoms with Gasteiger partial charge in [0.1, 0.15) is 0 Å². The van der Waals surface area contributed by atoms with E-state index in [1.54, 1.807) is 6.07 Å². The molecular formula is C14H17NO2. The lowest BCUT2D eigenvalue weighted by Gasteiger charge is -2.19.